The van der Waals surface area contributed by atoms with Crippen LogP contribution >= 0.6 is 11.6 Å². The van der Waals surface area contributed by atoms with Crippen molar-refractivity contribution in [2.45, 2.75) is 43.0 Å². The Morgan fingerprint density at radius 1 is 1.41 bits per heavy atom. The Bertz CT molecular complexity index is 319. The average molecular weight is 309 g/mol. The van der Waals surface area contributed by atoms with Gasteiger partial charge in [0.2, 0.25) is 0 Å². The van der Waals surface area contributed by atoms with Crippen molar-refractivity contribution in [2.24, 2.45) is 0 Å². The van der Waals surface area contributed by atoms with E-state index in [9.17, 15) is 10.2 Å². The summed E-state index contributed by atoms with van der Waals surface area (Å²) in [5.41, 5.74) is 0. The van der Waals surface area contributed by atoms with Crippen molar-refractivity contribution >= 4 is 11.6 Å². The van der Waals surface area contributed by atoms with Gasteiger partial charge in [-0.2, -0.15) is 0 Å². The fourth-order valence-electron chi connectivity index (χ4n) is 1.79. The number of halogens is 1. The van der Waals surface area contributed by atoms with Crippen LogP contribution in [0, 0.1) is 0 Å². The van der Waals surface area contributed by atoms with Crippen molar-refractivity contribution in [3.05, 3.63) is 12.2 Å². The van der Waals surface area contributed by atoms with Gasteiger partial charge in [0.15, 0.2) is 10.8 Å². The number of hydrogen-bond donors (Lipinski definition) is 3. The Morgan fingerprint density at radius 3 is 2.41 bits per heavy atom. The number of aliphatic hydroxyl groups is 2. The Labute approximate surface area is 110 Å². The van der Waals surface area contributed by atoms with Gasteiger partial charge in [-0.1, -0.05) is 17.7 Å². The monoisotopic (exact) mass is 308 g/mol. The van der Waals surface area contributed by atoms with Gasteiger partial charge in [0.25, 0.3) is 0 Å². The van der Waals surface area contributed by atoms with E-state index in [1.807, 2.05) is 0 Å². The molecule has 0 amide bonds. The first-order valence-electron chi connectivity index (χ1n) is 4.78. The van der Waals surface area contributed by atoms with Gasteiger partial charge < -0.3 is 19.7 Å². The van der Waals surface area contributed by atoms with E-state index in [2.05, 4.69) is 0 Å². The van der Waals surface area contributed by atoms with E-state index >= 15 is 0 Å². The van der Waals surface area contributed by atoms with E-state index in [1.165, 1.54) is 12.2 Å². The molecule has 8 heteroatoms. The molecule has 1 saturated heterocycles. The minimum absolute atomic E-state index is 0.613. The second-order valence-corrected chi connectivity index (χ2v) is 4.99. The molecule has 1 aliphatic carbocycles. The molecule has 2 rings (SSSR count). The zero-order valence-electron chi connectivity index (χ0n) is 9.21. The molecule has 1 fully saturated rings. The summed E-state index contributed by atoms with van der Waals surface area (Å²) >= 11 is 4.63. The van der Waals surface area contributed by atoms with Crippen LogP contribution in [0.5, 0.6) is 0 Å². The van der Waals surface area contributed by atoms with Gasteiger partial charge in [-0.05, 0) is 19.9 Å². The van der Waals surface area contributed by atoms with E-state index < -0.39 is 44.4 Å². The van der Waals surface area contributed by atoms with Crippen molar-refractivity contribution in [1.29, 1.82) is 0 Å². The fraction of sp³-hybridized carbons (Fsp3) is 0.778. The van der Waals surface area contributed by atoms with Gasteiger partial charge in [-0.3, -0.25) is 0 Å². The molecular weight excluding hydrogens is 294 g/mol. The Hall–Kier alpha value is 0.149. The third kappa shape index (κ3) is 3.56. The van der Waals surface area contributed by atoms with Crippen molar-refractivity contribution in [2.75, 3.05) is 0 Å². The molecule has 4 atom stereocenters. The van der Waals surface area contributed by atoms with Crippen molar-refractivity contribution in [3.8, 4) is 0 Å². The molecule has 0 unspecified atom stereocenters. The molecule has 100 valence electrons. The van der Waals surface area contributed by atoms with E-state index in [0.29, 0.717) is 0 Å². The van der Waals surface area contributed by atoms with Gasteiger partial charge in [0.1, 0.15) is 18.3 Å². The van der Waals surface area contributed by atoms with E-state index in [1.54, 1.807) is 13.8 Å². The second-order valence-electron chi connectivity index (χ2n) is 4.17. The summed E-state index contributed by atoms with van der Waals surface area (Å²) in [4.78, 5) is 0. The van der Waals surface area contributed by atoms with Gasteiger partial charge in [-0.15, -0.1) is 0 Å². The summed E-state index contributed by atoms with van der Waals surface area (Å²) in [6, 6.07) is 0. The normalized spacial score (nSPS) is 42.6. The molecule has 3 N–H and O–H groups in total. The van der Waals surface area contributed by atoms with Crippen LogP contribution in [0.3, 0.4) is 0 Å². The van der Waals surface area contributed by atoms with Crippen LogP contribution in [0.1, 0.15) is 13.8 Å². The predicted molar refractivity (Wildman–Crippen MR) is 52.7 cm³/mol. The topological polar surface area (TPSA) is 96.2 Å². The van der Waals surface area contributed by atoms with E-state index in [0.717, 1.165) is 0 Å². The maximum absolute atomic E-state index is 9.76. The zero-order chi connectivity index (χ0) is 13.3. The molecule has 0 aromatic heterocycles. The van der Waals surface area contributed by atoms with Crippen LogP contribution in [0.4, 0.5) is 0 Å². The SMILES string of the molecule is CC1(C)O[C@H]2[C@H](O)C=C[C@@](O)(Cl)[C@H]2O1.[O]=[Mn][OH]. The van der Waals surface area contributed by atoms with Crippen LogP contribution in [0.2, 0.25) is 0 Å². The van der Waals surface area contributed by atoms with Crippen LogP contribution < -0.4 is 0 Å². The number of rotatable bonds is 0. The Kier molecular flexibility index (Phi) is 4.85. The third-order valence-corrected chi connectivity index (χ3v) is 2.73. The molecular formula is C9H14ClMnO6. The number of aliphatic hydroxyl groups excluding tert-OH is 1. The van der Waals surface area contributed by atoms with E-state index in [4.69, 9.17) is 29.1 Å². The van der Waals surface area contributed by atoms with Gasteiger partial charge >= 0.3 is 23.2 Å². The molecule has 1 heterocycles. The Morgan fingerprint density at radius 2 is 1.94 bits per heavy atom. The molecule has 1 aliphatic heterocycles. The summed E-state index contributed by atoms with van der Waals surface area (Å²) in [7, 11) is 0. The average Bonchev–Trinajstić information content (AvgIpc) is 2.52. The van der Waals surface area contributed by atoms with Gasteiger partial charge in [0, 0.05) is 0 Å². The number of hydrogen-bond acceptors (Lipinski definition) is 5. The quantitative estimate of drug-likeness (QED) is 0.323. The van der Waals surface area contributed by atoms with Crippen molar-refractivity contribution in [1.82, 2.24) is 0 Å². The number of alkyl halides is 1. The summed E-state index contributed by atoms with van der Waals surface area (Å²) in [5, 5.41) is 17.7. The molecule has 0 radical (unpaired) electrons. The maximum atomic E-state index is 9.76. The van der Waals surface area contributed by atoms with Crippen LogP contribution in [0.25, 0.3) is 0 Å². The van der Waals surface area contributed by atoms with Crippen LogP contribution in [0.15, 0.2) is 12.2 Å². The first-order chi connectivity index (χ1) is 7.73. The summed E-state index contributed by atoms with van der Waals surface area (Å²) in [6.45, 7) is 3.43. The first kappa shape index (κ1) is 15.2. The molecule has 6 nitrogen and oxygen atoms in total. The van der Waals surface area contributed by atoms with Gasteiger partial charge in [-0.25, -0.2) is 0 Å². The summed E-state index contributed by atoms with van der Waals surface area (Å²) in [5.74, 6) is -0.828. The van der Waals surface area contributed by atoms with Crippen molar-refractivity contribution < 1.29 is 42.9 Å². The molecule has 17 heavy (non-hydrogen) atoms. The predicted octanol–water partition coefficient (Wildman–Crippen LogP) is -0.314. The second kappa shape index (κ2) is 5.42. The van der Waals surface area contributed by atoms with Crippen molar-refractivity contribution in [3.63, 3.8) is 0 Å². The fourth-order valence-corrected chi connectivity index (χ4v) is 2.03. The minimum atomic E-state index is -1.60. The van der Waals surface area contributed by atoms with Gasteiger partial charge in [0.05, 0.1) is 0 Å². The van der Waals surface area contributed by atoms with Crippen LogP contribution in [-0.4, -0.2) is 43.6 Å². The standard InChI is InChI=1S/C9H13ClO4.Mn.H2O.O/c1-8(2)13-6-5(11)3-4-9(10,12)7(6)14-8;;;/h3-7,11-12H,1-2H3;;1H2;/q;+1;;/p-1/t5-,6+,7+,9+;;;/m1.../s1. The summed E-state index contributed by atoms with van der Waals surface area (Å²) < 4.78 is 26.4. The number of ether oxygens (including phenoxy) is 2. The third-order valence-electron chi connectivity index (χ3n) is 2.39. The molecule has 0 bridgehead atoms. The molecule has 0 aromatic rings. The summed E-state index contributed by atoms with van der Waals surface area (Å²) in [6.07, 6.45) is 0.599. The molecule has 0 saturated carbocycles. The Balaban J connectivity index is 0.000000437. The number of fused-ring (bicyclic) bond motifs is 1. The molecule has 2 aliphatic rings. The molecule has 0 spiro atoms. The zero-order valence-corrected chi connectivity index (χ0v) is 11.1. The van der Waals surface area contributed by atoms with Crippen LogP contribution in [-0.2, 0) is 28.5 Å². The first-order valence-corrected chi connectivity index (χ1v) is 6.17. The molecule has 0 aromatic carbocycles. The van der Waals surface area contributed by atoms with E-state index in [-0.39, 0.29) is 0 Å².